The third kappa shape index (κ3) is 7.72. The van der Waals surface area contributed by atoms with E-state index < -0.39 is 11.9 Å². The molecule has 0 bridgehead atoms. The fraction of sp³-hybridized carbons (Fsp3) is 0. The molecule has 0 heterocycles. The van der Waals surface area contributed by atoms with E-state index >= 15 is 0 Å². The van der Waals surface area contributed by atoms with Crippen LogP contribution in [0.1, 0.15) is 0 Å². The molecule has 0 fully saturated rings. The normalized spacial score (nSPS) is 11.5. The Hall–Kier alpha value is -2.36. The van der Waals surface area contributed by atoms with Crippen LogP contribution in [0.15, 0.2) is 90.0 Å². The average Bonchev–Trinajstić information content (AvgIpc) is 3.08. The molecule has 1 aromatic rings. The Bertz CT molecular complexity index is 540. The molecule has 0 aromatic heterocycles. The van der Waals surface area contributed by atoms with E-state index in [9.17, 15) is 9.90 Å². The summed E-state index contributed by atoms with van der Waals surface area (Å²) in [6.45, 7) is 0. The maximum absolute atomic E-state index is 10.7. The molecule has 4 nitrogen and oxygen atoms in total. The van der Waals surface area contributed by atoms with E-state index in [4.69, 9.17) is 10.2 Å². The number of aliphatic hydroxyl groups excluding tert-OH is 1. The van der Waals surface area contributed by atoms with Crippen LogP contribution in [0.25, 0.3) is 0 Å². The molecular weight excluding hydrogens is 312 g/mol. The SMILES string of the molecule is O=C([O-])C(C=CC=C(O)O)=C1C=CC=C1.[Fe+2].c1cc[cH-]c1. The Balaban J connectivity index is 0.000000562. The van der Waals surface area contributed by atoms with E-state index in [0.717, 1.165) is 6.08 Å². The molecule has 2 rings (SSSR count). The smallest absolute Gasteiger partial charge is 0.545 e. The first kappa shape index (κ1) is 18.6. The summed E-state index contributed by atoms with van der Waals surface area (Å²) >= 11 is 0. The molecule has 0 aliphatic heterocycles. The Morgan fingerprint density at radius 3 is 2.10 bits per heavy atom. The molecule has 0 radical (unpaired) electrons. The van der Waals surface area contributed by atoms with Crippen LogP contribution in [-0.4, -0.2) is 16.2 Å². The first-order chi connectivity index (χ1) is 9.61. The number of allylic oxidation sites excluding steroid dienone is 7. The van der Waals surface area contributed by atoms with Gasteiger partial charge in [-0.1, -0.05) is 36.5 Å². The van der Waals surface area contributed by atoms with Crippen LogP contribution in [0.5, 0.6) is 0 Å². The first-order valence-electron chi connectivity index (χ1n) is 5.84. The van der Waals surface area contributed by atoms with Gasteiger partial charge in [0, 0.05) is 11.6 Å². The summed E-state index contributed by atoms with van der Waals surface area (Å²) < 4.78 is 0. The predicted octanol–water partition coefficient (Wildman–Crippen LogP) is 2.08. The molecule has 0 saturated carbocycles. The van der Waals surface area contributed by atoms with Crippen molar-refractivity contribution < 1.29 is 37.2 Å². The number of rotatable bonds is 3. The Morgan fingerprint density at radius 2 is 1.71 bits per heavy atom. The van der Waals surface area contributed by atoms with E-state index in [1.54, 1.807) is 24.3 Å². The van der Waals surface area contributed by atoms with E-state index in [1.807, 2.05) is 30.3 Å². The van der Waals surface area contributed by atoms with E-state index in [1.165, 1.54) is 12.2 Å². The summed E-state index contributed by atoms with van der Waals surface area (Å²) in [6.07, 6.45) is 10.1. The van der Waals surface area contributed by atoms with Crippen LogP contribution < -0.4 is 5.11 Å². The van der Waals surface area contributed by atoms with Crippen LogP contribution in [-0.2, 0) is 21.9 Å². The van der Waals surface area contributed by atoms with Crippen molar-refractivity contribution in [3.63, 3.8) is 0 Å². The van der Waals surface area contributed by atoms with Crippen molar-refractivity contribution in [2.45, 2.75) is 0 Å². The number of carboxylic acids is 1. The van der Waals surface area contributed by atoms with Gasteiger partial charge < -0.3 is 20.1 Å². The van der Waals surface area contributed by atoms with Crippen LogP contribution in [0.2, 0.25) is 0 Å². The Kier molecular flexibility index (Phi) is 9.26. The van der Waals surface area contributed by atoms with Gasteiger partial charge in [0.25, 0.3) is 5.95 Å². The van der Waals surface area contributed by atoms with Gasteiger partial charge >= 0.3 is 17.1 Å². The second kappa shape index (κ2) is 10.4. The number of carbonyl (C=O) groups excluding carboxylic acids is 1. The summed E-state index contributed by atoms with van der Waals surface area (Å²) in [4.78, 5) is 10.7. The minimum absolute atomic E-state index is 0. The summed E-state index contributed by atoms with van der Waals surface area (Å²) in [5.41, 5.74) is 0.495. The topological polar surface area (TPSA) is 80.6 Å². The van der Waals surface area contributed by atoms with Gasteiger partial charge in [-0.3, -0.25) is 0 Å². The van der Waals surface area contributed by atoms with Crippen molar-refractivity contribution >= 4 is 5.97 Å². The van der Waals surface area contributed by atoms with Gasteiger partial charge in [0.15, 0.2) is 0 Å². The molecule has 21 heavy (non-hydrogen) atoms. The van der Waals surface area contributed by atoms with Crippen molar-refractivity contribution in [3.05, 3.63) is 90.0 Å². The molecule has 0 unspecified atom stereocenters. The van der Waals surface area contributed by atoms with Gasteiger partial charge in [-0.25, -0.2) is 12.1 Å². The number of carboxylic acid groups (broad SMARTS) is 1. The molecule has 1 aliphatic carbocycles. The Labute approximate surface area is 133 Å². The van der Waals surface area contributed by atoms with Crippen LogP contribution in [0, 0.1) is 0 Å². The number of carbonyl (C=O) groups is 1. The number of aliphatic hydroxyl groups is 2. The fourth-order valence-electron chi connectivity index (χ4n) is 1.39. The van der Waals surface area contributed by atoms with Gasteiger partial charge in [0.1, 0.15) is 0 Å². The molecule has 110 valence electrons. The third-order valence-electron chi connectivity index (χ3n) is 2.26. The molecular formula is C16H14FeO4. The number of hydrogen-bond acceptors (Lipinski definition) is 4. The zero-order valence-corrected chi connectivity index (χ0v) is 12.1. The van der Waals surface area contributed by atoms with Gasteiger partial charge in [-0.15, -0.1) is 0 Å². The summed E-state index contributed by atoms with van der Waals surface area (Å²) in [7, 11) is 0. The predicted molar refractivity (Wildman–Crippen MR) is 74.8 cm³/mol. The second-order valence-electron chi connectivity index (χ2n) is 3.72. The fourth-order valence-corrected chi connectivity index (χ4v) is 1.39. The summed E-state index contributed by atoms with van der Waals surface area (Å²) in [6, 6.07) is 10.0. The summed E-state index contributed by atoms with van der Waals surface area (Å²) in [5.74, 6) is -2.20. The number of hydrogen-bond donors (Lipinski definition) is 2. The zero-order chi connectivity index (χ0) is 14.8. The molecule has 0 amide bonds. The maximum Gasteiger partial charge on any atom is 2.00 e. The van der Waals surface area contributed by atoms with Crippen LogP contribution in [0.3, 0.4) is 0 Å². The first-order valence-corrected chi connectivity index (χ1v) is 5.84. The van der Waals surface area contributed by atoms with Crippen molar-refractivity contribution in [1.82, 2.24) is 0 Å². The minimum Gasteiger partial charge on any atom is -0.545 e. The second-order valence-corrected chi connectivity index (χ2v) is 3.72. The van der Waals surface area contributed by atoms with Gasteiger partial charge in [0.05, 0.1) is 5.97 Å². The molecule has 1 aromatic carbocycles. The molecule has 5 heteroatoms. The van der Waals surface area contributed by atoms with Crippen molar-refractivity contribution in [1.29, 1.82) is 0 Å². The van der Waals surface area contributed by atoms with Crippen LogP contribution >= 0.6 is 0 Å². The maximum atomic E-state index is 10.7. The average molecular weight is 326 g/mol. The Morgan fingerprint density at radius 1 is 1.14 bits per heavy atom. The molecule has 0 spiro atoms. The quantitative estimate of drug-likeness (QED) is 0.293. The molecule has 0 atom stereocenters. The minimum atomic E-state index is -1.32. The van der Waals surface area contributed by atoms with Crippen LogP contribution in [0.4, 0.5) is 0 Å². The van der Waals surface area contributed by atoms with Crippen molar-refractivity contribution in [2.75, 3.05) is 0 Å². The van der Waals surface area contributed by atoms with Gasteiger partial charge in [-0.2, -0.15) is 18.2 Å². The standard InChI is InChI=1S/C11H10O4.C5H5.Fe/c12-10(13)7-3-6-9(11(14)15)8-4-1-2-5-8;1-2-4-5-3-1;/h1-7,12-13H,(H,14,15);1-5H;/q;-1;+2/p-1. The number of aliphatic carboxylic acids is 1. The van der Waals surface area contributed by atoms with Crippen molar-refractivity contribution in [2.24, 2.45) is 0 Å². The molecule has 2 N–H and O–H groups in total. The van der Waals surface area contributed by atoms with Gasteiger partial charge in [-0.05, 0) is 5.57 Å². The zero-order valence-electron chi connectivity index (χ0n) is 11.0. The van der Waals surface area contributed by atoms with E-state index in [-0.39, 0.29) is 22.6 Å². The third-order valence-corrected chi connectivity index (χ3v) is 2.26. The summed E-state index contributed by atoms with van der Waals surface area (Å²) in [5, 5.41) is 27.6. The van der Waals surface area contributed by atoms with E-state index in [2.05, 4.69) is 0 Å². The molecule has 1 aliphatic rings. The molecule has 0 saturated heterocycles. The van der Waals surface area contributed by atoms with Gasteiger partial charge in [0.2, 0.25) is 0 Å². The van der Waals surface area contributed by atoms with E-state index in [0.29, 0.717) is 5.57 Å². The van der Waals surface area contributed by atoms with Crippen molar-refractivity contribution in [3.8, 4) is 0 Å². The largest absolute Gasteiger partial charge is 2.00 e. The monoisotopic (exact) mass is 326 g/mol.